The van der Waals surface area contributed by atoms with E-state index in [0.29, 0.717) is 6.61 Å². The summed E-state index contributed by atoms with van der Waals surface area (Å²) in [4.78, 5) is 0. The summed E-state index contributed by atoms with van der Waals surface area (Å²) in [6.07, 6.45) is 1.92. The first-order valence-corrected chi connectivity index (χ1v) is 6.13. The van der Waals surface area contributed by atoms with Crippen LogP contribution >= 0.6 is 15.9 Å². The molecule has 0 saturated heterocycles. The Labute approximate surface area is 99.9 Å². The van der Waals surface area contributed by atoms with Crippen LogP contribution in [0.4, 0.5) is 0 Å². The molecule has 1 atom stereocenters. The summed E-state index contributed by atoms with van der Waals surface area (Å²) in [5, 5.41) is 0. The van der Waals surface area contributed by atoms with Crippen LogP contribution < -0.4 is 10.5 Å². The van der Waals surface area contributed by atoms with Crippen molar-refractivity contribution in [2.24, 2.45) is 5.73 Å². The second-order valence-corrected chi connectivity index (χ2v) is 4.42. The van der Waals surface area contributed by atoms with E-state index in [-0.39, 0.29) is 6.04 Å². The standard InChI is InChI=1S/C12H18BrNO/c1-3-10(14)7-9-5-6-12(15-4-2)11(13)8-9/h5-6,8,10H,3-4,7,14H2,1-2H3. The second kappa shape index (κ2) is 6.13. The molecule has 0 aliphatic carbocycles. The molecule has 15 heavy (non-hydrogen) atoms. The topological polar surface area (TPSA) is 35.2 Å². The van der Waals surface area contributed by atoms with Crippen molar-refractivity contribution in [3.63, 3.8) is 0 Å². The molecule has 2 N–H and O–H groups in total. The van der Waals surface area contributed by atoms with Gasteiger partial charge in [0.1, 0.15) is 5.75 Å². The van der Waals surface area contributed by atoms with Crippen molar-refractivity contribution in [3.8, 4) is 5.75 Å². The molecule has 0 fully saturated rings. The third-order valence-electron chi connectivity index (χ3n) is 2.32. The van der Waals surface area contributed by atoms with Crippen molar-refractivity contribution in [2.75, 3.05) is 6.61 Å². The summed E-state index contributed by atoms with van der Waals surface area (Å²) in [5.41, 5.74) is 7.15. The highest BCUT2D eigenvalue weighted by Crippen LogP contribution is 2.26. The normalized spacial score (nSPS) is 12.5. The van der Waals surface area contributed by atoms with E-state index in [1.165, 1.54) is 5.56 Å². The predicted octanol–water partition coefficient (Wildman–Crippen LogP) is 3.13. The van der Waals surface area contributed by atoms with Gasteiger partial charge in [-0.25, -0.2) is 0 Å². The average Bonchev–Trinajstić information content (AvgIpc) is 2.22. The molecule has 0 saturated carbocycles. The van der Waals surface area contributed by atoms with Crippen LogP contribution in [0.2, 0.25) is 0 Å². The van der Waals surface area contributed by atoms with Crippen LogP contribution in [0.3, 0.4) is 0 Å². The van der Waals surface area contributed by atoms with Crippen LogP contribution in [-0.2, 0) is 6.42 Å². The summed E-state index contributed by atoms with van der Waals surface area (Å²) in [6.45, 7) is 4.77. The van der Waals surface area contributed by atoms with Gasteiger partial charge < -0.3 is 10.5 Å². The molecule has 1 rings (SSSR count). The van der Waals surface area contributed by atoms with Crippen molar-refractivity contribution in [1.82, 2.24) is 0 Å². The maximum absolute atomic E-state index is 5.91. The Kier molecular flexibility index (Phi) is 5.12. The zero-order valence-corrected chi connectivity index (χ0v) is 10.9. The van der Waals surface area contributed by atoms with E-state index >= 15 is 0 Å². The van der Waals surface area contributed by atoms with Crippen molar-refractivity contribution >= 4 is 15.9 Å². The summed E-state index contributed by atoms with van der Waals surface area (Å²) in [5.74, 6) is 0.895. The molecule has 0 amide bonds. The molecular formula is C12H18BrNO. The van der Waals surface area contributed by atoms with Gasteiger partial charge in [-0.2, -0.15) is 0 Å². The quantitative estimate of drug-likeness (QED) is 0.893. The fraction of sp³-hybridized carbons (Fsp3) is 0.500. The monoisotopic (exact) mass is 271 g/mol. The first-order chi connectivity index (χ1) is 7.17. The third kappa shape index (κ3) is 3.84. The van der Waals surface area contributed by atoms with E-state index in [9.17, 15) is 0 Å². The van der Waals surface area contributed by atoms with E-state index < -0.39 is 0 Å². The van der Waals surface area contributed by atoms with E-state index in [1.54, 1.807) is 0 Å². The number of nitrogens with two attached hydrogens (primary N) is 1. The van der Waals surface area contributed by atoms with Crippen LogP contribution in [0.1, 0.15) is 25.8 Å². The highest BCUT2D eigenvalue weighted by molar-refractivity contribution is 9.10. The zero-order chi connectivity index (χ0) is 11.3. The van der Waals surface area contributed by atoms with Crippen LogP contribution in [0.5, 0.6) is 5.75 Å². The van der Waals surface area contributed by atoms with E-state index in [0.717, 1.165) is 23.1 Å². The highest BCUT2D eigenvalue weighted by Gasteiger charge is 2.05. The van der Waals surface area contributed by atoms with Crippen LogP contribution in [0.25, 0.3) is 0 Å². The van der Waals surface area contributed by atoms with Gasteiger partial charge in [-0.05, 0) is 53.4 Å². The molecule has 0 spiro atoms. The number of hydrogen-bond acceptors (Lipinski definition) is 2. The molecule has 1 unspecified atom stereocenters. The number of hydrogen-bond donors (Lipinski definition) is 1. The Morgan fingerprint density at radius 3 is 2.67 bits per heavy atom. The molecule has 0 aliphatic rings. The van der Waals surface area contributed by atoms with Crippen LogP contribution in [0.15, 0.2) is 22.7 Å². The molecule has 0 radical (unpaired) electrons. The molecule has 2 nitrogen and oxygen atoms in total. The summed E-state index contributed by atoms with van der Waals surface area (Å²) in [6, 6.07) is 6.40. The first kappa shape index (κ1) is 12.5. The molecule has 0 aliphatic heterocycles. The number of ether oxygens (including phenoxy) is 1. The minimum Gasteiger partial charge on any atom is -0.493 e. The smallest absolute Gasteiger partial charge is 0.133 e. The molecule has 1 aromatic carbocycles. The summed E-state index contributed by atoms with van der Waals surface area (Å²) >= 11 is 3.49. The lowest BCUT2D eigenvalue weighted by Crippen LogP contribution is -2.21. The molecule has 0 bridgehead atoms. The Morgan fingerprint density at radius 1 is 1.40 bits per heavy atom. The minimum absolute atomic E-state index is 0.245. The minimum atomic E-state index is 0.245. The predicted molar refractivity (Wildman–Crippen MR) is 67.3 cm³/mol. The lowest BCUT2D eigenvalue weighted by Gasteiger charge is -2.11. The van der Waals surface area contributed by atoms with Gasteiger partial charge in [0.05, 0.1) is 11.1 Å². The Bertz CT molecular complexity index is 314. The van der Waals surface area contributed by atoms with Crippen LogP contribution in [-0.4, -0.2) is 12.6 Å². The van der Waals surface area contributed by atoms with Gasteiger partial charge >= 0.3 is 0 Å². The van der Waals surface area contributed by atoms with Gasteiger partial charge in [-0.3, -0.25) is 0 Å². The van der Waals surface area contributed by atoms with E-state index in [4.69, 9.17) is 10.5 Å². The summed E-state index contributed by atoms with van der Waals surface area (Å²) in [7, 11) is 0. The largest absolute Gasteiger partial charge is 0.493 e. The van der Waals surface area contributed by atoms with Gasteiger partial charge in [0.15, 0.2) is 0 Å². The van der Waals surface area contributed by atoms with Gasteiger partial charge in [0.2, 0.25) is 0 Å². The molecule has 3 heteroatoms. The van der Waals surface area contributed by atoms with Crippen molar-refractivity contribution in [2.45, 2.75) is 32.7 Å². The van der Waals surface area contributed by atoms with E-state index in [1.807, 2.05) is 13.0 Å². The fourth-order valence-electron chi connectivity index (χ4n) is 1.39. The van der Waals surface area contributed by atoms with Gasteiger partial charge in [-0.1, -0.05) is 13.0 Å². The molecule has 0 heterocycles. The second-order valence-electron chi connectivity index (χ2n) is 3.57. The number of benzene rings is 1. The maximum atomic E-state index is 5.91. The fourth-order valence-corrected chi connectivity index (χ4v) is 1.93. The molecule has 1 aromatic rings. The van der Waals surface area contributed by atoms with Crippen LogP contribution in [0, 0.1) is 0 Å². The van der Waals surface area contributed by atoms with Crippen molar-refractivity contribution < 1.29 is 4.74 Å². The lowest BCUT2D eigenvalue weighted by molar-refractivity contribution is 0.338. The summed E-state index contributed by atoms with van der Waals surface area (Å²) < 4.78 is 6.45. The van der Waals surface area contributed by atoms with E-state index in [2.05, 4.69) is 35.0 Å². The molecular weight excluding hydrogens is 254 g/mol. The van der Waals surface area contributed by atoms with Gasteiger partial charge in [0, 0.05) is 6.04 Å². The van der Waals surface area contributed by atoms with Crippen molar-refractivity contribution in [1.29, 1.82) is 0 Å². The average molecular weight is 272 g/mol. The zero-order valence-electron chi connectivity index (χ0n) is 9.29. The SMILES string of the molecule is CCOc1ccc(CC(N)CC)cc1Br. The third-order valence-corrected chi connectivity index (χ3v) is 2.94. The Balaban J connectivity index is 2.73. The first-order valence-electron chi connectivity index (χ1n) is 5.34. The Morgan fingerprint density at radius 2 is 2.13 bits per heavy atom. The molecule has 0 aromatic heterocycles. The molecule has 84 valence electrons. The van der Waals surface area contributed by atoms with Gasteiger partial charge in [-0.15, -0.1) is 0 Å². The number of halogens is 1. The van der Waals surface area contributed by atoms with Gasteiger partial charge in [0.25, 0.3) is 0 Å². The lowest BCUT2D eigenvalue weighted by atomic mass is 10.0. The van der Waals surface area contributed by atoms with Crippen molar-refractivity contribution in [3.05, 3.63) is 28.2 Å². The Hall–Kier alpha value is -0.540. The highest BCUT2D eigenvalue weighted by atomic mass is 79.9. The number of rotatable bonds is 5. The maximum Gasteiger partial charge on any atom is 0.133 e.